The van der Waals surface area contributed by atoms with Crippen molar-refractivity contribution < 1.29 is 13.9 Å². The number of ketones is 1. The van der Waals surface area contributed by atoms with Gasteiger partial charge >= 0.3 is 0 Å². The highest BCUT2D eigenvalue weighted by molar-refractivity contribution is 5.86. The molecule has 1 fully saturated rings. The van der Waals surface area contributed by atoms with E-state index < -0.39 is 5.82 Å². The topological polar surface area (TPSA) is 26.3 Å². The monoisotopic (exact) mass is 264 g/mol. The molecular weight excluding hydrogens is 243 g/mol. The molecule has 1 aliphatic carbocycles. The number of rotatable bonds is 4. The van der Waals surface area contributed by atoms with Crippen LogP contribution >= 0.6 is 0 Å². The average molecular weight is 264 g/mol. The highest BCUT2D eigenvalue weighted by atomic mass is 19.1. The van der Waals surface area contributed by atoms with Crippen LogP contribution in [0.3, 0.4) is 0 Å². The lowest BCUT2D eigenvalue weighted by atomic mass is 9.71. The van der Waals surface area contributed by atoms with Gasteiger partial charge in [0, 0.05) is 11.8 Å². The summed E-state index contributed by atoms with van der Waals surface area (Å²) in [4.78, 5) is 12.4. The number of benzene rings is 1. The molecular formula is C16H21FO2. The highest BCUT2D eigenvalue weighted by Gasteiger charge is 2.33. The molecule has 0 heterocycles. The van der Waals surface area contributed by atoms with Gasteiger partial charge in [-0.1, -0.05) is 32.3 Å². The van der Waals surface area contributed by atoms with Gasteiger partial charge in [-0.25, -0.2) is 4.39 Å². The second-order valence-electron chi connectivity index (χ2n) is 5.69. The summed E-state index contributed by atoms with van der Waals surface area (Å²) in [5, 5.41) is 0. The standard InChI is InChI=1S/C16H21FO2/c1-16(8-4-3-5-9-16)15(18)11-12-6-7-14(19-2)13(17)10-12/h6-7,10H,3-5,8-9,11H2,1-2H3. The maximum Gasteiger partial charge on any atom is 0.165 e. The summed E-state index contributed by atoms with van der Waals surface area (Å²) >= 11 is 0. The molecule has 1 saturated carbocycles. The molecule has 0 unspecified atom stereocenters. The van der Waals surface area contributed by atoms with Crippen molar-refractivity contribution in [3.05, 3.63) is 29.6 Å². The van der Waals surface area contributed by atoms with E-state index in [4.69, 9.17) is 4.74 Å². The van der Waals surface area contributed by atoms with Crippen LogP contribution in [-0.2, 0) is 11.2 Å². The van der Waals surface area contributed by atoms with Crippen molar-refractivity contribution in [3.63, 3.8) is 0 Å². The molecule has 1 aromatic rings. The molecule has 2 nitrogen and oxygen atoms in total. The zero-order valence-electron chi connectivity index (χ0n) is 11.7. The van der Waals surface area contributed by atoms with Crippen LogP contribution in [0.4, 0.5) is 4.39 Å². The van der Waals surface area contributed by atoms with Gasteiger partial charge in [0.05, 0.1) is 7.11 Å². The number of carbonyl (C=O) groups excluding carboxylic acids is 1. The molecule has 1 aliphatic rings. The van der Waals surface area contributed by atoms with Crippen LogP contribution in [-0.4, -0.2) is 12.9 Å². The zero-order valence-corrected chi connectivity index (χ0v) is 11.7. The first kappa shape index (κ1) is 14.0. The van der Waals surface area contributed by atoms with Crippen LogP contribution in [0, 0.1) is 11.2 Å². The van der Waals surface area contributed by atoms with E-state index in [1.807, 2.05) is 6.92 Å². The van der Waals surface area contributed by atoms with E-state index in [0.29, 0.717) is 6.42 Å². The summed E-state index contributed by atoms with van der Waals surface area (Å²) in [5.74, 6) is 0.0541. The second kappa shape index (κ2) is 5.72. The molecule has 0 aromatic heterocycles. The number of hydrogen-bond donors (Lipinski definition) is 0. The number of methoxy groups -OCH3 is 1. The van der Waals surface area contributed by atoms with Crippen LogP contribution in [0.5, 0.6) is 5.75 Å². The molecule has 0 radical (unpaired) electrons. The molecule has 1 aromatic carbocycles. The largest absolute Gasteiger partial charge is 0.494 e. The predicted octanol–water partition coefficient (Wildman–Crippen LogP) is 3.92. The van der Waals surface area contributed by atoms with Crippen LogP contribution in [0.1, 0.15) is 44.6 Å². The molecule has 0 N–H and O–H groups in total. The van der Waals surface area contributed by atoms with Crippen molar-refractivity contribution in [1.29, 1.82) is 0 Å². The number of ether oxygens (including phenoxy) is 1. The van der Waals surface area contributed by atoms with Crippen molar-refractivity contribution in [2.75, 3.05) is 7.11 Å². The first-order valence-electron chi connectivity index (χ1n) is 6.91. The zero-order chi connectivity index (χ0) is 13.9. The number of Topliss-reactive ketones (excluding diaryl/α,β-unsaturated/α-hetero) is 1. The molecule has 3 heteroatoms. The average Bonchev–Trinajstić information content (AvgIpc) is 2.40. The molecule has 104 valence electrons. The Kier molecular flexibility index (Phi) is 4.23. The molecule has 0 spiro atoms. The number of halogens is 1. The molecule has 0 amide bonds. The van der Waals surface area contributed by atoms with Crippen LogP contribution in [0.25, 0.3) is 0 Å². The maximum atomic E-state index is 13.6. The van der Waals surface area contributed by atoms with Crippen molar-refractivity contribution >= 4 is 5.78 Å². The lowest BCUT2D eigenvalue weighted by molar-refractivity contribution is -0.128. The Hall–Kier alpha value is -1.38. The SMILES string of the molecule is COc1ccc(CC(=O)C2(C)CCCCC2)cc1F. The normalized spacial score (nSPS) is 18.1. The minimum absolute atomic E-state index is 0.214. The van der Waals surface area contributed by atoms with Gasteiger partial charge in [-0.05, 0) is 30.5 Å². The summed E-state index contributed by atoms with van der Waals surface area (Å²) < 4.78 is 18.5. The quantitative estimate of drug-likeness (QED) is 0.824. The van der Waals surface area contributed by atoms with E-state index in [0.717, 1.165) is 31.2 Å². The highest BCUT2D eigenvalue weighted by Crippen LogP contribution is 2.37. The summed E-state index contributed by atoms with van der Waals surface area (Å²) in [6.07, 6.45) is 5.71. The van der Waals surface area contributed by atoms with E-state index in [1.165, 1.54) is 19.6 Å². The fourth-order valence-electron chi connectivity index (χ4n) is 2.83. The molecule has 19 heavy (non-hydrogen) atoms. The third-order valence-electron chi connectivity index (χ3n) is 4.21. The summed E-state index contributed by atoms with van der Waals surface area (Å²) in [7, 11) is 1.44. The van der Waals surface area contributed by atoms with Crippen LogP contribution in [0.15, 0.2) is 18.2 Å². The molecule has 0 saturated heterocycles. The van der Waals surface area contributed by atoms with E-state index in [9.17, 15) is 9.18 Å². The fraction of sp³-hybridized carbons (Fsp3) is 0.562. The van der Waals surface area contributed by atoms with Gasteiger partial charge in [-0.3, -0.25) is 4.79 Å². The smallest absolute Gasteiger partial charge is 0.165 e. The van der Waals surface area contributed by atoms with E-state index in [-0.39, 0.29) is 16.9 Å². The Morgan fingerprint density at radius 3 is 2.58 bits per heavy atom. The van der Waals surface area contributed by atoms with Gasteiger partial charge in [0.1, 0.15) is 5.78 Å². The van der Waals surface area contributed by atoms with Crippen molar-refractivity contribution in [3.8, 4) is 5.75 Å². The van der Waals surface area contributed by atoms with Gasteiger partial charge in [0.2, 0.25) is 0 Å². The summed E-state index contributed by atoms with van der Waals surface area (Å²) in [5.41, 5.74) is 0.518. The first-order chi connectivity index (χ1) is 9.05. The minimum Gasteiger partial charge on any atom is -0.494 e. The third-order valence-corrected chi connectivity index (χ3v) is 4.21. The lowest BCUT2D eigenvalue weighted by Crippen LogP contribution is -2.31. The van der Waals surface area contributed by atoms with E-state index >= 15 is 0 Å². The Labute approximate surface area is 114 Å². The van der Waals surface area contributed by atoms with Gasteiger partial charge in [-0.2, -0.15) is 0 Å². The van der Waals surface area contributed by atoms with E-state index in [2.05, 4.69) is 0 Å². The molecule has 0 aliphatic heterocycles. The van der Waals surface area contributed by atoms with Gasteiger partial charge in [0.15, 0.2) is 11.6 Å². The molecule has 2 rings (SSSR count). The van der Waals surface area contributed by atoms with Crippen LogP contribution in [0.2, 0.25) is 0 Å². The first-order valence-corrected chi connectivity index (χ1v) is 6.91. The third kappa shape index (κ3) is 3.14. The summed E-state index contributed by atoms with van der Waals surface area (Å²) in [6, 6.07) is 4.76. The van der Waals surface area contributed by atoms with Crippen molar-refractivity contribution in [2.24, 2.45) is 5.41 Å². The van der Waals surface area contributed by atoms with Crippen LogP contribution < -0.4 is 4.74 Å². The maximum absolute atomic E-state index is 13.6. The van der Waals surface area contributed by atoms with Gasteiger partial charge in [0.25, 0.3) is 0 Å². The Balaban J connectivity index is 2.08. The van der Waals surface area contributed by atoms with Crippen molar-refractivity contribution in [2.45, 2.75) is 45.4 Å². The summed E-state index contributed by atoms with van der Waals surface area (Å²) in [6.45, 7) is 2.05. The predicted molar refractivity (Wildman–Crippen MR) is 72.9 cm³/mol. The van der Waals surface area contributed by atoms with Gasteiger partial charge in [-0.15, -0.1) is 0 Å². The Morgan fingerprint density at radius 1 is 1.32 bits per heavy atom. The number of carbonyl (C=O) groups is 1. The lowest BCUT2D eigenvalue weighted by Gasteiger charge is -2.32. The second-order valence-corrected chi connectivity index (χ2v) is 5.69. The fourth-order valence-corrected chi connectivity index (χ4v) is 2.83. The van der Waals surface area contributed by atoms with Gasteiger partial charge < -0.3 is 4.74 Å². The van der Waals surface area contributed by atoms with E-state index in [1.54, 1.807) is 12.1 Å². The Bertz CT molecular complexity index is 462. The van der Waals surface area contributed by atoms with Crippen molar-refractivity contribution in [1.82, 2.24) is 0 Å². The number of hydrogen-bond acceptors (Lipinski definition) is 2. The molecule has 0 atom stereocenters. The molecule has 0 bridgehead atoms. The Morgan fingerprint density at radius 2 is 2.00 bits per heavy atom. The minimum atomic E-state index is -0.401.